The molecule has 1 heterocycles. The zero-order valence-corrected chi connectivity index (χ0v) is 15.9. The van der Waals surface area contributed by atoms with Gasteiger partial charge in [0.1, 0.15) is 18.1 Å². The van der Waals surface area contributed by atoms with E-state index in [0.717, 1.165) is 6.42 Å². The summed E-state index contributed by atoms with van der Waals surface area (Å²) >= 11 is 0. The number of anilines is 1. The zero-order valence-electron chi connectivity index (χ0n) is 15.1. The van der Waals surface area contributed by atoms with E-state index in [1.54, 1.807) is 23.1 Å². The lowest BCUT2D eigenvalue weighted by Crippen LogP contribution is -2.29. The van der Waals surface area contributed by atoms with Crippen LogP contribution in [0.1, 0.15) is 12.8 Å². The van der Waals surface area contributed by atoms with Gasteiger partial charge in [-0.2, -0.15) is 0 Å². The van der Waals surface area contributed by atoms with Crippen LogP contribution < -0.4 is 19.1 Å². The van der Waals surface area contributed by atoms with Crippen molar-refractivity contribution in [3.63, 3.8) is 0 Å². The maximum atomic E-state index is 12.6. The third-order valence-electron chi connectivity index (χ3n) is 4.23. The van der Waals surface area contributed by atoms with Gasteiger partial charge in [0, 0.05) is 19.5 Å². The van der Waals surface area contributed by atoms with E-state index in [2.05, 4.69) is 4.72 Å². The van der Waals surface area contributed by atoms with E-state index in [1.807, 2.05) is 18.2 Å². The predicted molar refractivity (Wildman–Crippen MR) is 102 cm³/mol. The van der Waals surface area contributed by atoms with Crippen molar-refractivity contribution in [2.45, 2.75) is 17.7 Å². The maximum absolute atomic E-state index is 12.6. The summed E-state index contributed by atoms with van der Waals surface area (Å²) in [5, 5.41) is 0. The smallest absolute Gasteiger partial charge is 0.240 e. The number of hydrogen-bond donors (Lipinski definition) is 1. The number of hydrogen-bond acceptors (Lipinski definition) is 5. The molecule has 1 amide bonds. The molecule has 27 heavy (non-hydrogen) atoms. The molecule has 0 saturated carbocycles. The Hall–Kier alpha value is -2.58. The average Bonchev–Trinajstić information content (AvgIpc) is 3.11. The fraction of sp³-hybridized carbons (Fsp3) is 0.316. The molecular weight excluding hydrogens is 368 g/mol. The minimum atomic E-state index is -3.73. The number of sulfonamides is 1. The molecule has 0 unspecified atom stereocenters. The Bertz CT molecular complexity index is 900. The van der Waals surface area contributed by atoms with E-state index in [-0.39, 0.29) is 24.0 Å². The van der Waals surface area contributed by atoms with Gasteiger partial charge in [0.2, 0.25) is 15.9 Å². The minimum absolute atomic E-state index is 0.0351. The molecule has 0 radical (unpaired) electrons. The molecule has 1 aliphatic rings. The Morgan fingerprint density at radius 3 is 2.59 bits per heavy atom. The van der Waals surface area contributed by atoms with Crippen LogP contribution in [-0.2, 0) is 14.8 Å². The maximum Gasteiger partial charge on any atom is 0.240 e. The minimum Gasteiger partial charge on any atom is -0.495 e. The summed E-state index contributed by atoms with van der Waals surface area (Å²) in [4.78, 5) is 13.7. The molecule has 0 spiro atoms. The third kappa shape index (κ3) is 4.58. The zero-order chi connectivity index (χ0) is 19.3. The largest absolute Gasteiger partial charge is 0.495 e. The van der Waals surface area contributed by atoms with Crippen molar-refractivity contribution in [2.75, 3.05) is 31.7 Å². The number of benzene rings is 2. The first-order valence-electron chi connectivity index (χ1n) is 8.67. The molecule has 8 heteroatoms. The van der Waals surface area contributed by atoms with Gasteiger partial charge in [0.25, 0.3) is 0 Å². The number of carbonyl (C=O) groups excluding carboxylic acids is 1. The van der Waals surface area contributed by atoms with Crippen molar-refractivity contribution in [2.24, 2.45) is 0 Å². The van der Waals surface area contributed by atoms with Gasteiger partial charge in [-0.15, -0.1) is 0 Å². The summed E-state index contributed by atoms with van der Waals surface area (Å²) in [5.41, 5.74) is 0.475. The van der Waals surface area contributed by atoms with Crippen LogP contribution in [0.15, 0.2) is 53.4 Å². The summed E-state index contributed by atoms with van der Waals surface area (Å²) in [6.45, 7) is 0.884. The first-order valence-corrected chi connectivity index (χ1v) is 10.2. The molecule has 1 N–H and O–H groups in total. The monoisotopic (exact) mass is 390 g/mol. The fourth-order valence-electron chi connectivity index (χ4n) is 2.90. The summed E-state index contributed by atoms with van der Waals surface area (Å²) in [6, 6.07) is 13.7. The molecule has 7 nitrogen and oxygen atoms in total. The summed E-state index contributed by atoms with van der Waals surface area (Å²) in [6.07, 6.45) is 1.20. The quantitative estimate of drug-likeness (QED) is 0.699. The highest BCUT2D eigenvalue weighted by Gasteiger charge is 2.26. The van der Waals surface area contributed by atoms with Crippen LogP contribution in [0.2, 0.25) is 0 Å². The van der Waals surface area contributed by atoms with Crippen LogP contribution in [0.3, 0.4) is 0 Å². The van der Waals surface area contributed by atoms with E-state index in [4.69, 9.17) is 9.47 Å². The van der Waals surface area contributed by atoms with E-state index in [9.17, 15) is 13.2 Å². The molecule has 2 aromatic carbocycles. The number of nitrogens with one attached hydrogen (secondary N) is 1. The Morgan fingerprint density at radius 2 is 1.93 bits per heavy atom. The van der Waals surface area contributed by atoms with Gasteiger partial charge < -0.3 is 14.4 Å². The number of amides is 1. The number of ether oxygens (including phenoxy) is 2. The molecule has 1 fully saturated rings. The van der Waals surface area contributed by atoms with Crippen molar-refractivity contribution < 1.29 is 22.7 Å². The van der Waals surface area contributed by atoms with Crippen molar-refractivity contribution in [1.82, 2.24) is 4.72 Å². The molecule has 3 rings (SSSR count). The SMILES string of the molecule is COc1ccc(S(=O)(=O)NCCOc2ccccc2)cc1N1CCCC1=O. The first kappa shape index (κ1) is 19.2. The highest BCUT2D eigenvalue weighted by atomic mass is 32.2. The number of nitrogens with zero attached hydrogens (tertiary/aromatic N) is 1. The van der Waals surface area contributed by atoms with Gasteiger partial charge in [-0.25, -0.2) is 13.1 Å². The van der Waals surface area contributed by atoms with Crippen LogP contribution in [0.4, 0.5) is 5.69 Å². The van der Waals surface area contributed by atoms with Gasteiger partial charge >= 0.3 is 0 Å². The van der Waals surface area contributed by atoms with Gasteiger partial charge in [0.15, 0.2) is 0 Å². The predicted octanol–water partition coefficient (Wildman–Crippen LogP) is 2.18. The summed E-state index contributed by atoms with van der Waals surface area (Å²) in [5.74, 6) is 1.11. The number of carbonyl (C=O) groups is 1. The van der Waals surface area contributed by atoms with Crippen molar-refractivity contribution in [1.29, 1.82) is 0 Å². The molecule has 1 saturated heterocycles. The lowest BCUT2D eigenvalue weighted by Gasteiger charge is -2.20. The van der Waals surface area contributed by atoms with Crippen molar-refractivity contribution >= 4 is 21.6 Å². The van der Waals surface area contributed by atoms with E-state index >= 15 is 0 Å². The van der Waals surface area contributed by atoms with Gasteiger partial charge in [0.05, 0.1) is 17.7 Å². The molecule has 0 aromatic heterocycles. The van der Waals surface area contributed by atoms with Crippen LogP contribution in [0.5, 0.6) is 11.5 Å². The number of para-hydroxylation sites is 1. The number of rotatable bonds is 8. The molecule has 0 bridgehead atoms. The Kier molecular flexibility index (Phi) is 5.98. The van der Waals surface area contributed by atoms with Crippen LogP contribution in [0, 0.1) is 0 Å². The van der Waals surface area contributed by atoms with E-state index in [0.29, 0.717) is 30.2 Å². The van der Waals surface area contributed by atoms with Crippen LogP contribution >= 0.6 is 0 Å². The van der Waals surface area contributed by atoms with Gasteiger partial charge in [-0.3, -0.25) is 4.79 Å². The topological polar surface area (TPSA) is 84.9 Å². The van der Waals surface area contributed by atoms with E-state index < -0.39 is 10.0 Å². The molecule has 144 valence electrons. The highest BCUT2D eigenvalue weighted by Crippen LogP contribution is 2.33. The Labute approximate surface area is 158 Å². The van der Waals surface area contributed by atoms with Crippen molar-refractivity contribution in [3.8, 4) is 11.5 Å². The first-order chi connectivity index (χ1) is 13.0. The Morgan fingerprint density at radius 1 is 1.15 bits per heavy atom. The molecule has 2 aromatic rings. The van der Waals surface area contributed by atoms with Gasteiger partial charge in [-0.05, 0) is 36.8 Å². The second-order valence-corrected chi connectivity index (χ2v) is 7.81. The lowest BCUT2D eigenvalue weighted by atomic mass is 10.2. The van der Waals surface area contributed by atoms with Gasteiger partial charge in [-0.1, -0.05) is 18.2 Å². The average molecular weight is 390 g/mol. The normalized spacial score (nSPS) is 14.4. The highest BCUT2D eigenvalue weighted by molar-refractivity contribution is 7.89. The standard InChI is InChI=1S/C19H22N2O5S/c1-25-18-10-9-16(14-17(18)21-12-5-8-19(21)22)27(23,24)20-11-13-26-15-6-3-2-4-7-15/h2-4,6-7,9-10,14,20H,5,8,11-13H2,1H3. The molecule has 1 aliphatic heterocycles. The lowest BCUT2D eigenvalue weighted by molar-refractivity contribution is -0.117. The summed E-state index contributed by atoms with van der Waals surface area (Å²) < 4.78 is 38.5. The third-order valence-corrected chi connectivity index (χ3v) is 5.69. The number of methoxy groups -OCH3 is 1. The second kappa shape index (κ2) is 8.41. The molecule has 0 atom stereocenters. The molecule has 0 aliphatic carbocycles. The fourth-order valence-corrected chi connectivity index (χ4v) is 3.93. The van der Waals surface area contributed by atoms with Crippen LogP contribution in [-0.4, -0.2) is 41.1 Å². The Balaban J connectivity index is 1.69. The van der Waals surface area contributed by atoms with Crippen LogP contribution in [0.25, 0.3) is 0 Å². The van der Waals surface area contributed by atoms with E-state index in [1.165, 1.54) is 19.2 Å². The molecular formula is C19H22N2O5S. The second-order valence-electron chi connectivity index (χ2n) is 6.04. The summed E-state index contributed by atoms with van der Waals surface area (Å²) in [7, 11) is -2.24. The van der Waals surface area contributed by atoms with Crippen molar-refractivity contribution in [3.05, 3.63) is 48.5 Å².